The van der Waals surface area contributed by atoms with E-state index in [-0.39, 0.29) is 11.8 Å². The van der Waals surface area contributed by atoms with Gasteiger partial charge in [0.25, 0.3) is 0 Å². The van der Waals surface area contributed by atoms with Crippen LogP contribution in [0, 0.1) is 23.7 Å². The van der Waals surface area contributed by atoms with E-state index in [1.807, 2.05) is 0 Å². The summed E-state index contributed by atoms with van der Waals surface area (Å²) < 4.78 is 0. The van der Waals surface area contributed by atoms with E-state index < -0.39 is 35.9 Å². The van der Waals surface area contributed by atoms with Crippen molar-refractivity contribution in [3.63, 3.8) is 0 Å². The number of nitrogens with zero attached hydrogens (tertiary/aromatic N) is 1. The first-order valence-corrected chi connectivity index (χ1v) is 5.02. The van der Waals surface area contributed by atoms with Crippen molar-refractivity contribution in [2.24, 2.45) is 29.5 Å². The molecule has 0 radical (unpaired) electrons. The molecule has 1 saturated heterocycles. The maximum absolute atomic E-state index is 11.6. The summed E-state index contributed by atoms with van der Waals surface area (Å²) in [7, 11) is 0. The standard InChI is InChI=1S/C9H12N2O4/c10-11-8(14)4-2-1-3(5(4)9(11)15)7(13)6(2)12/h2-7,12-13H,1,10H2/t2-,3+,4-,5+,6-,7-/m0/s1. The molecule has 3 fully saturated rings. The van der Waals surface area contributed by atoms with Gasteiger partial charge >= 0.3 is 0 Å². The number of hydrogen-bond acceptors (Lipinski definition) is 5. The largest absolute Gasteiger partial charge is 0.390 e. The van der Waals surface area contributed by atoms with Gasteiger partial charge in [0, 0.05) is 11.8 Å². The SMILES string of the molecule is NN1C(=O)[C@@H]2[C@H]3C[C@H]([C@H](O)[C@H]3O)[C@@H]2C1=O. The van der Waals surface area contributed by atoms with Gasteiger partial charge < -0.3 is 10.2 Å². The molecule has 0 spiro atoms. The second kappa shape index (κ2) is 2.58. The molecule has 3 rings (SSSR count). The third-order valence-electron chi connectivity index (χ3n) is 4.13. The van der Waals surface area contributed by atoms with E-state index >= 15 is 0 Å². The van der Waals surface area contributed by atoms with Crippen molar-refractivity contribution in [2.45, 2.75) is 18.6 Å². The molecule has 15 heavy (non-hydrogen) atoms. The normalized spacial score (nSPS) is 52.9. The van der Waals surface area contributed by atoms with Gasteiger partial charge in [0.15, 0.2) is 0 Å². The number of carbonyl (C=O) groups excluding carboxylic acids is 2. The molecule has 6 atom stereocenters. The minimum atomic E-state index is -0.889. The van der Waals surface area contributed by atoms with Crippen molar-refractivity contribution < 1.29 is 19.8 Å². The number of carbonyl (C=O) groups is 2. The highest BCUT2D eigenvalue weighted by Gasteiger charge is 2.66. The van der Waals surface area contributed by atoms with Crippen LogP contribution in [0.4, 0.5) is 0 Å². The Balaban J connectivity index is 2.02. The fourth-order valence-electron chi connectivity index (χ4n) is 3.45. The van der Waals surface area contributed by atoms with Crippen molar-refractivity contribution in [3.8, 4) is 0 Å². The topological polar surface area (TPSA) is 104 Å². The van der Waals surface area contributed by atoms with Crippen molar-refractivity contribution in [1.82, 2.24) is 5.01 Å². The van der Waals surface area contributed by atoms with Crippen molar-refractivity contribution >= 4 is 11.8 Å². The average molecular weight is 212 g/mol. The Labute approximate surface area is 85.6 Å². The minimum Gasteiger partial charge on any atom is -0.390 e. The fourth-order valence-corrected chi connectivity index (χ4v) is 3.45. The molecule has 2 saturated carbocycles. The summed E-state index contributed by atoms with van der Waals surface area (Å²) in [5.74, 6) is 2.87. The predicted octanol–water partition coefficient (Wildman–Crippen LogP) is -2.17. The Morgan fingerprint density at radius 1 is 1.07 bits per heavy atom. The Morgan fingerprint density at radius 3 is 1.87 bits per heavy atom. The average Bonchev–Trinajstić information content (AvgIpc) is 2.79. The van der Waals surface area contributed by atoms with Gasteiger partial charge in [-0.2, -0.15) is 0 Å². The number of nitrogens with two attached hydrogens (primary N) is 1. The van der Waals surface area contributed by atoms with E-state index in [2.05, 4.69) is 0 Å². The molecule has 0 unspecified atom stereocenters. The quantitative estimate of drug-likeness (QED) is 0.241. The third-order valence-corrected chi connectivity index (χ3v) is 4.13. The smallest absolute Gasteiger partial charge is 0.247 e. The second-order valence-electron chi connectivity index (χ2n) is 4.64. The first-order valence-electron chi connectivity index (χ1n) is 5.02. The summed E-state index contributed by atoms with van der Waals surface area (Å²) in [6.07, 6.45) is -1.23. The van der Waals surface area contributed by atoms with Crippen LogP contribution < -0.4 is 5.84 Å². The zero-order chi connectivity index (χ0) is 10.9. The molecule has 6 heteroatoms. The lowest BCUT2D eigenvalue weighted by molar-refractivity contribution is -0.141. The van der Waals surface area contributed by atoms with E-state index in [9.17, 15) is 19.8 Å². The number of rotatable bonds is 0. The van der Waals surface area contributed by atoms with Crippen LogP contribution in [0.3, 0.4) is 0 Å². The molecule has 0 aromatic heterocycles. The van der Waals surface area contributed by atoms with Crippen molar-refractivity contribution in [2.75, 3.05) is 0 Å². The lowest BCUT2D eigenvalue weighted by atomic mass is 9.78. The molecule has 2 amide bonds. The van der Waals surface area contributed by atoms with Crippen LogP contribution in [-0.2, 0) is 9.59 Å². The molecule has 1 heterocycles. The van der Waals surface area contributed by atoms with Gasteiger partial charge in [-0.1, -0.05) is 0 Å². The maximum atomic E-state index is 11.6. The number of hydrazine groups is 1. The van der Waals surface area contributed by atoms with Crippen molar-refractivity contribution in [3.05, 3.63) is 0 Å². The summed E-state index contributed by atoms with van der Waals surface area (Å²) in [6.45, 7) is 0. The number of aliphatic hydroxyl groups is 2. The van der Waals surface area contributed by atoms with Gasteiger partial charge in [0.05, 0.1) is 24.0 Å². The summed E-state index contributed by atoms with van der Waals surface area (Å²) in [4.78, 5) is 23.3. The molecule has 0 aromatic rings. The summed E-state index contributed by atoms with van der Waals surface area (Å²) in [5, 5.41) is 19.9. The van der Waals surface area contributed by atoms with E-state index in [0.717, 1.165) is 0 Å². The molecule has 4 N–H and O–H groups in total. The predicted molar refractivity (Wildman–Crippen MR) is 46.6 cm³/mol. The molecule has 1 aliphatic heterocycles. The molecular formula is C9H12N2O4. The molecule has 82 valence electrons. The van der Waals surface area contributed by atoms with Gasteiger partial charge in [0.1, 0.15) is 0 Å². The van der Waals surface area contributed by atoms with Gasteiger partial charge in [0.2, 0.25) is 11.8 Å². The zero-order valence-corrected chi connectivity index (χ0v) is 7.91. The number of amides is 2. The van der Waals surface area contributed by atoms with Crippen LogP contribution in [0.15, 0.2) is 0 Å². The molecule has 3 aliphatic rings. The van der Waals surface area contributed by atoms with E-state index in [0.29, 0.717) is 11.4 Å². The van der Waals surface area contributed by atoms with Crippen LogP contribution in [0.1, 0.15) is 6.42 Å². The Morgan fingerprint density at radius 2 is 1.47 bits per heavy atom. The van der Waals surface area contributed by atoms with Crippen LogP contribution >= 0.6 is 0 Å². The maximum Gasteiger partial charge on any atom is 0.247 e. The monoisotopic (exact) mass is 212 g/mol. The van der Waals surface area contributed by atoms with E-state index in [1.54, 1.807) is 0 Å². The van der Waals surface area contributed by atoms with E-state index in [1.165, 1.54) is 0 Å². The fraction of sp³-hybridized carbons (Fsp3) is 0.778. The van der Waals surface area contributed by atoms with Gasteiger partial charge in [-0.25, -0.2) is 10.9 Å². The molecule has 2 bridgehead atoms. The number of fused-ring (bicyclic) bond motifs is 5. The lowest BCUT2D eigenvalue weighted by Crippen LogP contribution is -2.43. The third kappa shape index (κ3) is 0.854. The van der Waals surface area contributed by atoms with Crippen LogP contribution in [-0.4, -0.2) is 39.2 Å². The number of aliphatic hydroxyl groups excluding tert-OH is 2. The van der Waals surface area contributed by atoms with Crippen molar-refractivity contribution in [1.29, 1.82) is 0 Å². The second-order valence-corrected chi connectivity index (χ2v) is 4.64. The number of imide groups is 1. The Hall–Kier alpha value is -0.980. The van der Waals surface area contributed by atoms with Gasteiger partial charge in [-0.15, -0.1) is 0 Å². The molecule has 0 aromatic carbocycles. The van der Waals surface area contributed by atoms with Gasteiger partial charge in [-0.05, 0) is 6.42 Å². The summed E-state index contributed by atoms with van der Waals surface area (Å²) >= 11 is 0. The highest BCUT2D eigenvalue weighted by atomic mass is 16.3. The lowest BCUT2D eigenvalue weighted by Gasteiger charge is -2.29. The Kier molecular flexibility index (Phi) is 1.59. The molecular weight excluding hydrogens is 200 g/mol. The first kappa shape index (κ1) is 9.26. The number of hydrogen-bond donors (Lipinski definition) is 3. The van der Waals surface area contributed by atoms with Gasteiger partial charge in [-0.3, -0.25) is 9.59 Å². The minimum absolute atomic E-state index is 0.306. The highest BCUT2D eigenvalue weighted by molar-refractivity contribution is 6.05. The summed E-state index contributed by atoms with van der Waals surface area (Å²) in [6, 6.07) is 0. The van der Waals surface area contributed by atoms with Crippen LogP contribution in [0.5, 0.6) is 0 Å². The Bertz CT molecular complexity index is 326. The molecule has 6 nitrogen and oxygen atoms in total. The van der Waals surface area contributed by atoms with Crippen LogP contribution in [0.2, 0.25) is 0 Å². The molecule has 2 aliphatic carbocycles. The summed E-state index contributed by atoms with van der Waals surface area (Å²) in [5.41, 5.74) is 0. The first-order chi connectivity index (χ1) is 7.04. The van der Waals surface area contributed by atoms with E-state index in [4.69, 9.17) is 5.84 Å². The highest BCUT2D eigenvalue weighted by Crippen LogP contribution is 2.55. The van der Waals surface area contributed by atoms with Crippen LogP contribution in [0.25, 0.3) is 0 Å². The zero-order valence-electron chi connectivity index (χ0n) is 7.91.